The SMILES string of the molecule is CCCCCCCCCCCCCCCCCCOC(=O)NCC(COC(=O)CCC(=O)OCCCC(C)(CC)OCCC(C)(C)OC)NC(=O)OCCCCCCCCCCCCCCCCCC. The van der Waals surface area contributed by atoms with Gasteiger partial charge >= 0.3 is 24.1 Å². The van der Waals surface area contributed by atoms with Gasteiger partial charge in [0.2, 0.25) is 0 Å². The molecule has 0 saturated heterocycles. The van der Waals surface area contributed by atoms with Crippen LogP contribution < -0.4 is 10.6 Å². The van der Waals surface area contributed by atoms with Gasteiger partial charge in [-0.15, -0.1) is 0 Å². The summed E-state index contributed by atoms with van der Waals surface area (Å²) >= 11 is 0. The maximum Gasteiger partial charge on any atom is 0.407 e. The molecule has 0 aliphatic heterocycles. The van der Waals surface area contributed by atoms with Crippen LogP contribution in [-0.4, -0.2) is 88.1 Å². The van der Waals surface area contributed by atoms with Gasteiger partial charge in [-0.2, -0.15) is 0 Å². The van der Waals surface area contributed by atoms with E-state index >= 15 is 0 Å². The topological polar surface area (TPSA) is 148 Å². The molecule has 0 aromatic heterocycles. The average Bonchev–Trinajstić information content (AvgIpc) is 3.34. The molecule has 0 fully saturated rings. The van der Waals surface area contributed by atoms with Crippen LogP contribution in [0.5, 0.6) is 0 Å². The quantitative estimate of drug-likeness (QED) is 0.0343. The zero-order valence-corrected chi connectivity index (χ0v) is 46.8. The first-order chi connectivity index (χ1) is 33.9. The van der Waals surface area contributed by atoms with Crippen molar-refractivity contribution in [1.82, 2.24) is 10.6 Å². The zero-order valence-electron chi connectivity index (χ0n) is 46.8. The Morgan fingerprint density at radius 2 is 0.800 bits per heavy atom. The average molecular weight is 998 g/mol. The van der Waals surface area contributed by atoms with Crippen molar-refractivity contribution in [1.29, 1.82) is 0 Å². The van der Waals surface area contributed by atoms with E-state index in [1.54, 1.807) is 7.11 Å². The van der Waals surface area contributed by atoms with Crippen molar-refractivity contribution in [2.75, 3.05) is 46.7 Å². The van der Waals surface area contributed by atoms with E-state index in [4.69, 9.17) is 28.4 Å². The fourth-order valence-electron chi connectivity index (χ4n) is 8.42. The highest BCUT2D eigenvalue weighted by molar-refractivity contribution is 5.77. The molecule has 0 rings (SSSR count). The lowest BCUT2D eigenvalue weighted by Gasteiger charge is -2.31. The largest absolute Gasteiger partial charge is 0.466 e. The second kappa shape index (κ2) is 48.7. The van der Waals surface area contributed by atoms with E-state index in [2.05, 4.69) is 38.3 Å². The van der Waals surface area contributed by atoms with Crippen molar-refractivity contribution in [3.63, 3.8) is 0 Å². The Morgan fingerprint density at radius 1 is 0.429 bits per heavy atom. The Bertz CT molecular complexity index is 1220. The van der Waals surface area contributed by atoms with E-state index in [1.165, 1.54) is 167 Å². The summed E-state index contributed by atoms with van der Waals surface area (Å²) in [6.45, 7) is 13.9. The number of unbranched alkanes of at least 4 members (excludes halogenated alkanes) is 30. The molecule has 2 N–H and O–H groups in total. The summed E-state index contributed by atoms with van der Waals surface area (Å²) in [4.78, 5) is 50.5. The van der Waals surface area contributed by atoms with Crippen LogP contribution in [0, 0.1) is 0 Å². The van der Waals surface area contributed by atoms with Gasteiger partial charge in [-0.1, -0.05) is 213 Å². The van der Waals surface area contributed by atoms with Crippen LogP contribution >= 0.6 is 0 Å². The number of hydrogen-bond acceptors (Lipinski definition) is 10. The smallest absolute Gasteiger partial charge is 0.407 e. The molecule has 70 heavy (non-hydrogen) atoms. The Balaban J connectivity index is 4.57. The number of alkyl carbamates (subject to hydrolysis) is 2. The second-order valence-electron chi connectivity index (χ2n) is 21.0. The molecular formula is C58H112N2O10. The number of carbonyl (C=O) groups excluding carboxylic acids is 4. The van der Waals surface area contributed by atoms with Crippen molar-refractivity contribution < 1.29 is 47.6 Å². The highest BCUT2D eigenvalue weighted by Crippen LogP contribution is 2.24. The van der Waals surface area contributed by atoms with Gasteiger partial charge in [-0.3, -0.25) is 9.59 Å². The number of ether oxygens (including phenoxy) is 6. The van der Waals surface area contributed by atoms with Gasteiger partial charge in [0.25, 0.3) is 0 Å². The van der Waals surface area contributed by atoms with Gasteiger partial charge < -0.3 is 39.1 Å². The lowest BCUT2D eigenvalue weighted by Crippen LogP contribution is -2.47. The molecule has 0 aromatic rings. The van der Waals surface area contributed by atoms with Gasteiger partial charge in [0.1, 0.15) is 6.61 Å². The Labute approximate surface area is 430 Å². The van der Waals surface area contributed by atoms with Crippen LogP contribution in [0.1, 0.15) is 286 Å². The van der Waals surface area contributed by atoms with Crippen LogP contribution in [0.3, 0.4) is 0 Å². The summed E-state index contributed by atoms with van der Waals surface area (Å²) in [5.41, 5.74) is -0.589. The van der Waals surface area contributed by atoms with E-state index < -0.39 is 30.2 Å². The molecule has 0 saturated carbocycles. The standard InChI is InChI=1S/C58H112N2O10/c1-8-11-13-15-17-19-21-23-25-27-29-31-33-35-37-39-46-67-55(63)59-50-52(60-56(64)68-47-40-38-36-34-32-30-28-26-24-22-20-18-16-14-12-9-2)51-69-54(62)43-42-53(61)66-48-41-44-58(6,10-3)70-49-45-57(4,5)65-7/h52H,8-51H2,1-7H3,(H,59,63)(H,60,64). The number of rotatable bonds is 52. The summed E-state index contributed by atoms with van der Waals surface area (Å²) in [7, 11) is 1.70. The normalized spacial score (nSPS) is 12.8. The predicted molar refractivity (Wildman–Crippen MR) is 287 cm³/mol. The van der Waals surface area contributed by atoms with E-state index in [1.807, 2.05) is 13.8 Å². The van der Waals surface area contributed by atoms with E-state index in [-0.39, 0.29) is 50.4 Å². The Hall–Kier alpha value is -2.60. The number of hydrogen-bond donors (Lipinski definition) is 2. The molecular weight excluding hydrogens is 885 g/mol. The second-order valence-corrected chi connectivity index (χ2v) is 21.0. The van der Waals surface area contributed by atoms with Crippen LogP contribution in [0.2, 0.25) is 0 Å². The third kappa shape index (κ3) is 46.5. The maximum atomic E-state index is 12.8. The van der Waals surface area contributed by atoms with Gasteiger partial charge in [-0.25, -0.2) is 9.59 Å². The number of esters is 2. The van der Waals surface area contributed by atoms with E-state index in [9.17, 15) is 19.2 Å². The van der Waals surface area contributed by atoms with Crippen molar-refractivity contribution >= 4 is 24.1 Å². The molecule has 2 amide bonds. The molecule has 0 aliphatic rings. The van der Waals surface area contributed by atoms with Gasteiger partial charge in [0.05, 0.1) is 56.5 Å². The van der Waals surface area contributed by atoms with Crippen molar-refractivity contribution in [2.24, 2.45) is 0 Å². The molecule has 0 aliphatic carbocycles. The van der Waals surface area contributed by atoms with E-state index in [0.29, 0.717) is 19.6 Å². The minimum absolute atomic E-state index is 0.0220. The highest BCUT2D eigenvalue weighted by atomic mass is 16.6. The summed E-state index contributed by atoms with van der Waals surface area (Å²) in [6, 6.07) is -0.757. The molecule has 12 heteroatoms. The summed E-state index contributed by atoms with van der Waals surface area (Å²) < 4.78 is 33.4. The number of amides is 2. The predicted octanol–water partition coefficient (Wildman–Crippen LogP) is 16.0. The minimum atomic E-state index is -0.757. The molecule has 0 bridgehead atoms. The van der Waals surface area contributed by atoms with Crippen LogP contribution in [0.4, 0.5) is 9.59 Å². The number of methoxy groups -OCH3 is 1. The molecule has 0 spiro atoms. The molecule has 0 heterocycles. The molecule has 0 aromatic carbocycles. The third-order valence-electron chi connectivity index (χ3n) is 13.8. The lowest BCUT2D eigenvalue weighted by molar-refractivity contribution is -0.151. The van der Waals surface area contributed by atoms with E-state index in [0.717, 1.165) is 57.8 Å². The number of nitrogens with one attached hydrogen (secondary N) is 2. The Morgan fingerprint density at radius 3 is 1.20 bits per heavy atom. The van der Waals surface area contributed by atoms with Gasteiger partial charge in [0.15, 0.2) is 0 Å². The first-order valence-electron chi connectivity index (χ1n) is 29.2. The van der Waals surface area contributed by atoms with Crippen molar-refractivity contribution in [3.05, 3.63) is 0 Å². The summed E-state index contributed by atoms with van der Waals surface area (Å²) in [5.74, 6) is -1.10. The van der Waals surface area contributed by atoms with Gasteiger partial charge in [0, 0.05) is 13.7 Å². The maximum absolute atomic E-state index is 12.8. The van der Waals surface area contributed by atoms with Gasteiger partial charge in [-0.05, 0) is 59.3 Å². The molecule has 414 valence electrons. The minimum Gasteiger partial charge on any atom is -0.466 e. The summed E-state index contributed by atoms with van der Waals surface area (Å²) in [5, 5.41) is 5.43. The first kappa shape index (κ1) is 67.4. The van der Waals surface area contributed by atoms with Crippen molar-refractivity contribution in [3.8, 4) is 0 Å². The lowest BCUT2D eigenvalue weighted by atomic mass is 9.96. The van der Waals surface area contributed by atoms with Crippen molar-refractivity contribution in [2.45, 2.75) is 303 Å². The third-order valence-corrected chi connectivity index (χ3v) is 13.8. The number of carbonyl (C=O) groups is 4. The fraction of sp³-hybridized carbons (Fsp3) is 0.931. The first-order valence-corrected chi connectivity index (χ1v) is 29.2. The van der Waals surface area contributed by atoms with Crippen LogP contribution in [0.25, 0.3) is 0 Å². The monoisotopic (exact) mass is 997 g/mol. The fourth-order valence-corrected chi connectivity index (χ4v) is 8.42. The summed E-state index contributed by atoms with van der Waals surface area (Å²) in [6.07, 6.45) is 42.0. The van der Waals surface area contributed by atoms with Crippen LogP contribution in [0.15, 0.2) is 0 Å². The molecule has 2 atom stereocenters. The molecule has 12 nitrogen and oxygen atoms in total. The zero-order chi connectivity index (χ0) is 51.7. The Kier molecular flexibility index (Phi) is 46.8. The highest BCUT2D eigenvalue weighted by Gasteiger charge is 2.25. The molecule has 2 unspecified atom stereocenters. The molecule has 0 radical (unpaired) electrons. The van der Waals surface area contributed by atoms with Crippen LogP contribution in [-0.2, 0) is 38.0 Å².